The van der Waals surface area contributed by atoms with Crippen LogP contribution in [0.4, 0.5) is 15.9 Å². The van der Waals surface area contributed by atoms with Crippen molar-refractivity contribution in [1.29, 1.82) is 5.41 Å². The number of rotatable bonds is 8. The molecule has 0 fully saturated rings. The Kier molecular flexibility index (Phi) is 8.83. The summed E-state index contributed by atoms with van der Waals surface area (Å²) < 4.78 is 27.0. The third-order valence-corrected chi connectivity index (χ3v) is 5.27. The van der Waals surface area contributed by atoms with Crippen LogP contribution in [0.2, 0.25) is 0 Å². The Hall–Kier alpha value is -5.40. The third-order valence-electron chi connectivity index (χ3n) is 5.27. The zero-order valence-electron chi connectivity index (χ0n) is 21.2. The van der Waals surface area contributed by atoms with Gasteiger partial charge in [-0.1, -0.05) is 0 Å². The molecule has 1 atom stereocenters. The number of hydrogen-bond donors (Lipinski definition) is 6. The number of carboxylic acids is 1. The van der Waals surface area contributed by atoms with Gasteiger partial charge in [0.25, 0.3) is 5.97 Å². The van der Waals surface area contributed by atoms with E-state index in [4.69, 9.17) is 36.3 Å². The van der Waals surface area contributed by atoms with Gasteiger partial charge in [0.15, 0.2) is 17.4 Å². The van der Waals surface area contributed by atoms with Crippen LogP contribution < -0.4 is 31.9 Å². The molecule has 39 heavy (non-hydrogen) atoms. The number of nitrogens with zero attached hydrogens (tertiary/aromatic N) is 3. The summed E-state index contributed by atoms with van der Waals surface area (Å²) in [6.45, 7) is 1.08. The van der Waals surface area contributed by atoms with Crippen molar-refractivity contribution in [3.8, 4) is 17.2 Å². The van der Waals surface area contributed by atoms with E-state index in [1.807, 2.05) is 0 Å². The van der Waals surface area contributed by atoms with Crippen molar-refractivity contribution in [1.82, 2.24) is 19.7 Å². The molecule has 4 rings (SSSR count). The van der Waals surface area contributed by atoms with Gasteiger partial charge < -0.3 is 31.4 Å². The second kappa shape index (κ2) is 12.2. The van der Waals surface area contributed by atoms with E-state index < -0.39 is 23.5 Å². The highest BCUT2D eigenvalue weighted by molar-refractivity contribution is 5.95. The van der Waals surface area contributed by atoms with Gasteiger partial charge in [0.2, 0.25) is 0 Å². The molecular weight excluding hydrogens is 511 g/mol. The van der Waals surface area contributed by atoms with Gasteiger partial charge in [-0.25, -0.2) is 14.2 Å². The summed E-state index contributed by atoms with van der Waals surface area (Å²) in [6, 6.07) is 11.8. The maximum absolute atomic E-state index is 15.5. The van der Waals surface area contributed by atoms with Gasteiger partial charge in [-0.15, -0.1) is 5.10 Å². The van der Waals surface area contributed by atoms with E-state index >= 15 is 4.39 Å². The molecule has 0 saturated heterocycles. The highest BCUT2D eigenvalue weighted by atomic mass is 19.1. The number of hydrogen-bond acceptors (Lipinski definition) is 9. The van der Waals surface area contributed by atoms with Crippen molar-refractivity contribution >= 4 is 23.3 Å². The van der Waals surface area contributed by atoms with Crippen LogP contribution in [0.1, 0.15) is 29.9 Å². The Morgan fingerprint density at radius 1 is 1.21 bits per heavy atom. The van der Waals surface area contributed by atoms with Gasteiger partial charge >= 0.3 is 5.69 Å². The molecule has 0 aliphatic carbocycles. The lowest BCUT2D eigenvalue weighted by atomic mass is 10.0. The number of nitrogens with two attached hydrogens (primary N) is 2. The quantitative estimate of drug-likeness (QED) is 0.142. The van der Waals surface area contributed by atoms with E-state index in [0.29, 0.717) is 17.0 Å². The third kappa shape index (κ3) is 6.68. The fourth-order valence-electron chi connectivity index (χ4n) is 3.50. The van der Waals surface area contributed by atoms with Crippen LogP contribution in [0.5, 0.6) is 11.5 Å². The van der Waals surface area contributed by atoms with Crippen LogP contribution in [0, 0.1) is 11.2 Å². The molecule has 2 aromatic heterocycles. The normalized spacial score (nSPS) is 11.1. The van der Waals surface area contributed by atoms with E-state index in [1.54, 1.807) is 36.4 Å². The molecule has 0 amide bonds. The van der Waals surface area contributed by atoms with Gasteiger partial charge in [0.05, 0.1) is 14.2 Å². The number of nitrogens with one attached hydrogen (secondary N) is 3. The van der Waals surface area contributed by atoms with Crippen molar-refractivity contribution in [2.24, 2.45) is 5.73 Å². The number of carbonyl (C=O) groups is 1. The van der Waals surface area contributed by atoms with Crippen molar-refractivity contribution in [3.05, 3.63) is 88.0 Å². The van der Waals surface area contributed by atoms with E-state index in [-0.39, 0.29) is 34.5 Å². The lowest BCUT2D eigenvalue weighted by Gasteiger charge is -2.21. The molecule has 2 heterocycles. The van der Waals surface area contributed by atoms with E-state index in [9.17, 15) is 4.79 Å². The molecule has 14 heteroatoms. The second-order valence-corrected chi connectivity index (χ2v) is 7.96. The minimum absolute atomic E-state index is 0.0450. The van der Waals surface area contributed by atoms with Crippen molar-refractivity contribution < 1.29 is 23.8 Å². The van der Waals surface area contributed by atoms with Crippen LogP contribution >= 0.6 is 0 Å². The van der Waals surface area contributed by atoms with E-state index in [2.05, 4.69) is 20.4 Å². The Labute approximate surface area is 221 Å². The monoisotopic (exact) mass is 538 g/mol. The Balaban J connectivity index is 0.000000983. The van der Waals surface area contributed by atoms with E-state index in [1.165, 1.54) is 32.5 Å². The number of aliphatic carboxylic acids is 1. The fraction of sp³-hybridized carbons (Fsp3) is 0.160. The minimum atomic E-state index is -0.978. The van der Waals surface area contributed by atoms with Crippen molar-refractivity contribution in [2.75, 3.05) is 25.3 Å². The molecule has 0 spiro atoms. The first kappa shape index (κ1) is 28.2. The molecule has 0 aliphatic heterocycles. The van der Waals surface area contributed by atoms with Crippen molar-refractivity contribution in [3.63, 3.8) is 0 Å². The molecule has 8 N–H and O–H groups in total. The molecule has 0 saturated carbocycles. The SMILES string of the molecule is CC(=O)O.COc1cc(OC)c(F)c([C@H](Nc2ccc(C(=N)N)cc2)c2nn(-c3cccnc3N)c(=O)[nH]2)c1. The maximum Gasteiger partial charge on any atom is 0.348 e. The molecule has 0 aliphatic rings. The largest absolute Gasteiger partial charge is 0.497 e. The van der Waals surface area contributed by atoms with Gasteiger partial charge in [0, 0.05) is 36.0 Å². The summed E-state index contributed by atoms with van der Waals surface area (Å²) in [4.78, 5) is 28.4. The van der Waals surface area contributed by atoms with Crippen molar-refractivity contribution in [2.45, 2.75) is 13.0 Å². The summed E-state index contributed by atoms with van der Waals surface area (Å²) in [5.41, 5.74) is 12.3. The molecule has 2 aromatic carbocycles. The fourth-order valence-corrected chi connectivity index (χ4v) is 3.50. The van der Waals surface area contributed by atoms with Gasteiger partial charge in [-0.05, 0) is 42.5 Å². The van der Waals surface area contributed by atoms with Gasteiger partial charge in [-0.3, -0.25) is 15.2 Å². The lowest BCUT2D eigenvalue weighted by molar-refractivity contribution is -0.134. The molecule has 4 aromatic rings. The summed E-state index contributed by atoms with van der Waals surface area (Å²) in [7, 11) is 2.79. The van der Waals surface area contributed by atoms with E-state index in [0.717, 1.165) is 11.6 Å². The van der Waals surface area contributed by atoms with Crippen LogP contribution in [0.3, 0.4) is 0 Å². The molecule has 13 nitrogen and oxygen atoms in total. The number of nitrogen functional groups attached to an aromatic ring is 2. The van der Waals surface area contributed by atoms with Crippen LogP contribution in [-0.4, -0.2) is 50.9 Å². The number of anilines is 2. The number of aromatic nitrogens is 4. The number of methoxy groups -OCH3 is 2. The highest BCUT2D eigenvalue weighted by Crippen LogP contribution is 2.34. The average molecular weight is 539 g/mol. The Morgan fingerprint density at radius 2 is 1.87 bits per heavy atom. The Bertz CT molecular complexity index is 1530. The smallest absolute Gasteiger partial charge is 0.348 e. The van der Waals surface area contributed by atoms with Gasteiger partial charge in [0.1, 0.15) is 29.1 Å². The van der Waals surface area contributed by atoms with Crippen LogP contribution in [0.15, 0.2) is 59.5 Å². The average Bonchev–Trinajstić information content (AvgIpc) is 3.28. The number of benzene rings is 2. The topological polar surface area (TPSA) is 207 Å². The minimum Gasteiger partial charge on any atom is -0.497 e. The zero-order valence-corrected chi connectivity index (χ0v) is 21.2. The number of pyridine rings is 1. The Morgan fingerprint density at radius 3 is 2.44 bits per heavy atom. The predicted molar refractivity (Wildman–Crippen MR) is 142 cm³/mol. The first-order valence-electron chi connectivity index (χ1n) is 11.3. The second-order valence-electron chi connectivity index (χ2n) is 7.96. The molecule has 0 radical (unpaired) electrons. The summed E-state index contributed by atoms with van der Waals surface area (Å²) >= 11 is 0. The van der Waals surface area contributed by atoms with Crippen LogP contribution in [-0.2, 0) is 4.79 Å². The molecule has 0 bridgehead atoms. The first-order valence-corrected chi connectivity index (χ1v) is 11.3. The predicted octanol–water partition coefficient (Wildman–Crippen LogP) is 2.27. The molecule has 204 valence electrons. The highest BCUT2D eigenvalue weighted by Gasteiger charge is 2.26. The molecule has 0 unspecified atom stereocenters. The standard InChI is InChI=1S/C23H23FN8O3.C2H4O2/c1-34-14-10-15(18(24)17(11-14)35-2)19(29-13-7-5-12(6-8-13)20(25)26)22-30-23(33)32(31-22)16-4-3-9-28-21(16)27;1-2(3)4/h3-11,19,29H,1-2H3,(H3,25,26)(H2,27,28)(H,30,31,33);1H3,(H,3,4)/t19-;/m0./s1. The lowest BCUT2D eigenvalue weighted by Crippen LogP contribution is -2.18. The number of aromatic amines is 1. The number of halogens is 1. The van der Waals surface area contributed by atoms with Crippen LogP contribution in [0.25, 0.3) is 5.69 Å². The summed E-state index contributed by atoms with van der Waals surface area (Å²) in [5.74, 6) is -1.09. The first-order chi connectivity index (χ1) is 18.5. The maximum atomic E-state index is 15.5. The number of ether oxygens (including phenoxy) is 2. The summed E-state index contributed by atoms with van der Waals surface area (Å²) in [5, 5.41) is 22.5. The number of carboxylic acid groups (broad SMARTS) is 1. The van der Waals surface area contributed by atoms with Gasteiger partial charge in [-0.2, -0.15) is 4.68 Å². The number of amidine groups is 1. The molecular formula is C25H27FN8O5. The number of H-pyrrole nitrogens is 1. The summed E-state index contributed by atoms with van der Waals surface area (Å²) in [6.07, 6.45) is 1.49. The zero-order chi connectivity index (χ0) is 28.7.